The minimum Gasteiger partial charge on any atom is -0.347 e. The summed E-state index contributed by atoms with van der Waals surface area (Å²) in [5, 5.41) is 3.29. The number of benzene rings is 1. The zero-order valence-electron chi connectivity index (χ0n) is 13.1. The summed E-state index contributed by atoms with van der Waals surface area (Å²) in [7, 11) is -3.64. The summed E-state index contributed by atoms with van der Waals surface area (Å²) in [6, 6.07) is 9.66. The number of thiophene rings is 1. The third kappa shape index (κ3) is 4.09. The second kappa shape index (κ2) is 7.25. The number of Topliss-reactive ketones (excluding diaryl/α,β-unsaturated/α-hetero) is 1. The molecule has 2 heterocycles. The van der Waals surface area contributed by atoms with Gasteiger partial charge in [0.05, 0.1) is 13.1 Å². The Labute approximate surface area is 154 Å². The number of halogens is 1. The van der Waals surface area contributed by atoms with Crippen molar-refractivity contribution in [2.45, 2.75) is 17.2 Å². The first-order valence-electron chi connectivity index (χ1n) is 7.50. The van der Waals surface area contributed by atoms with Gasteiger partial charge in [-0.1, -0.05) is 11.6 Å². The van der Waals surface area contributed by atoms with E-state index in [2.05, 4.69) is 5.32 Å². The van der Waals surface area contributed by atoms with Crippen molar-refractivity contribution in [1.82, 2.24) is 9.62 Å². The smallest absolute Gasteiger partial charge is 0.252 e. The van der Waals surface area contributed by atoms with Gasteiger partial charge in [-0.3, -0.25) is 9.59 Å². The van der Waals surface area contributed by atoms with Crippen LogP contribution in [0.1, 0.15) is 21.7 Å². The number of carbonyl (C=O) groups is 2. The largest absolute Gasteiger partial charge is 0.347 e. The minimum atomic E-state index is -3.64. The summed E-state index contributed by atoms with van der Waals surface area (Å²) in [6.45, 7) is 0.380. The Bertz CT molecular complexity index is 906. The number of ketones is 1. The van der Waals surface area contributed by atoms with Gasteiger partial charge < -0.3 is 5.32 Å². The molecule has 3 rings (SSSR count). The van der Waals surface area contributed by atoms with Crippen LogP contribution < -0.4 is 5.32 Å². The van der Waals surface area contributed by atoms with E-state index >= 15 is 0 Å². The van der Waals surface area contributed by atoms with Crippen LogP contribution in [0.15, 0.2) is 40.6 Å². The highest BCUT2D eigenvalue weighted by molar-refractivity contribution is 7.91. The lowest BCUT2D eigenvalue weighted by Gasteiger charge is -2.12. The molecular formula is C16H15ClN2O4S2. The quantitative estimate of drug-likeness (QED) is 0.837. The van der Waals surface area contributed by atoms with E-state index in [0.717, 1.165) is 11.3 Å². The van der Waals surface area contributed by atoms with Crippen molar-refractivity contribution in [3.63, 3.8) is 0 Å². The first-order valence-corrected chi connectivity index (χ1v) is 10.1. The highest BCUT2D eigenvalue weighted by atomic mass is 35.5. The SMILES string of the molecule is O=C1CCN(S(=O)(=O)c2ccc(CNC(=O)c3ccc(Cl)cc3)s2)C1. The lowest BCUT2D eigenvalue weighted by atomic mass is 10.2. The van der Waals surface area contributed by atoms with Crippen molar-refractivity contribution in [3.8, 4) is 0 Å². The number of carbonyl (C=O) groups excluding carboxylic acids is 2. The average Bonchev–Trinajstić information content (AvgIpc) is 3.23. The van der Waals surface area contributed by atoms with Crippen LogP contribution >= 0.6 is 22.9 Å². The number of hydrogen-bond acceptors (Lipinski definition) is 5. The molecule has 1 aliphatic rings. The summed E-state index contributed by atoms with van der Waals surface area (Å²) in [4.78, 5) is 24.1. The third-order valence-electron chi connectivity index (χ3n) is 3.75. The van der Waals surface area contributed by atoms with Crippen LogP contribution in [0.2, 0.25) is 5.02 Å². The Kier molecular flexibility index (Phi) is 5.24. The van der Waals surface area contributed by atoms with Crippen molar-refractivity contribution in [2.75, 3.05) is 13.1 Å². The zero-order valence-corrected chi connectivity index (χ0v) is 15.5. The molecule has 0 unspecified atom stereocenters. The van der Waals surface area contributed by atoms with Gasteiger partial charge in [0, 0.05) is 28.4 Å². The lowest BCUT2D eigenvalue weighted by molar-refractivity contribution is -0.116. The third-order valence-corrected chi connectivity index (χ3v) is 7.40. The number of rotatable bonds is 5. The number of nitrogens with zero attached hydrogens (tertiary/aromatic N) is 1. The molecule has 6 nitrogen and oxygen atoms in total. The Morgan fingerprint density at radius 2 is 1.92 bits per heavy atom. The van der Waals surface area contributed by atoms with Crippen molar-refractivity contribution < 1.29 is 18.0 Å². The Hall–Kier alpha value is -1.74. The molecule has 1 amide bonds. The van der Waals surface area contributed by atoms with E-state index < -0.39 is 10.0 Å². The summed E-state index contributed by atoms with van der Waals surface area (Å²) >= 11 is 6.88. The molecule has 0 radical (unpaired) electrons. The molecule has 0 saturated carbocycles. The maximum atomic E-state index is 12.5. The van der Waals surface area contributed by atoms with Crippen LogP contribution in [0.25, 0.3) is 0 Å². The van der Waals surface area contributed by atoms with Crippen molar-refractivity contribution in [3.05, 3.63) is 51.9 Å². The van der Waals surface area contributed by atoms with Crippen molar-refractivity contribution >= 4 is 44.7 Å². The van der Waals surface area contributed by atoms with Gasteiger partial charge in [-0.2, -0.15) is 4.31 Å². The van der Waals surface area contributed by atoms with E-state index in [-0.39, 0.29) is 42.0 Å². The summed E-state index contributed by atoms with van der Waals surface area (Å²) < 4.78 is 26.3. The monoisotopic (exact) mass is 398 g/mol. The topological polar surface area (TPSA) is 83.6 Å². The van der Waals surface area contributed by atoms with Gasteiger partial charge in [0.25, 0.3) is 15.9 Å². The Morgan fingerprint density at radius 1 is 1.20 bits per heavy atom. The average molecular weight is 399 g/mol. The van der Waals surface area contributed by atoms with Crippen LogP contribution in [0.4, 0.5) is 0 Å². The van der Waals surface area contributed by atoms with Gasteiger partial charge in [-0.15, -0.1) is 11.3 Å². The summed E-state index contributed by atoms with van der Waals surface area (Å²) in [6.07, 6.45) is 0.259. The molecule has 9 heteroatoms. The number of nitrogens with one attached hydrogen (secondary N) is 1. The molecule has 25 heavy (non-hydrogen) atoms. The predicted molar refractivity (Wildman–Crippen MR) is 95.3 cm³/mol. The molecule has 132 valence electrons. The van der Waals surface area contributed by atoms with Crippen LogP contribution in [0.3, 0.4) is 0 Å². The predicted octanol–water partition coefficient (Wildman–Crippen LogP) is 2.30. The molecule has 1 saturated heterocycles. The maximum absolute atomic E-state index is 12.5. The first kappa shape index (κ1) is 18.1. The van der Waals surface area contributed by atoms with E-state index in [9.17, 15) is 18.0 Å². The highest BCUT2D eigenvalue weighted by Gasteiger charge is 2.32. The number of hydrogen-bond donors (Lipinski definition) is 1. The lowest BCUT2D eigenvalue weighted by Crippen LogP contribution is -2.28. The molecule has 2 aromatic rings. The van der Waals surface area contributed by atoms with E-state index in [1.54, 1.807) is 30.3 Å². The first-order chi connectivity index (χ1) is 11.9. The van der Waals surface area contributed by atoms with E-state index in [0.29, 0.717) is 15.5 Å². The van der Waals surface area contributed by atoms with E-state index in [4.69, 9.17) is 11.6 Å². The standard InChI is InChI=1S/C16H15ClN2O4S2/c17-12-3-1-11(2-4-12)16(21)18-9-14-5-6-15(24-14)25(22,23)19-8-7-13(20)10-19/h1-6H,7-10H2,(H,18,21). The van der Waals surface area contributed by atoms with Gasteiger partial charge in [0.2, 0.25) is 0 Å². The van der Waals surface area contributed by atoms with Crippen LogP contribution in [0.5, 0.6) is 0 Å². The second-order valence-corrected chi connectivity index (χ2v) is 9.31. The molecule has 1 N–H and O–H groups in total. The molecule has 1 aromatic heterocycles. The van der Waals surface area contributed by atoms with Gasteiger partial charge in [0.15, 0.2) is 0 Å². The van der Waals surface area contributed by atoms with Crippen LogP contribution in [-0.4, -0.2) is 37.5 Å². The molecule has 0 aliphatic carbocycles. The fourth-order valence-corrected chi connectivity index (χ4v) is 5.40. The zero-order chi connectivity index (χ0) is 18.0. The van der Waals surface area contributed by atoms with Crippen molar-refractivity contribution in [2.24, 2.45) is 0 Å². The van der Waals surface area contributed by atoms with E-state index in [1.807, 2.05) is 0 Å². The fraction of sp³-hybridized carbons (Fsp3) is 0.250. The molecule has 1 aliphatic heterocycles. The van der Waals surface area contributed by atoms with Gasteiger partial charge in [-0.25, -0.2) is 8.42 Å². The van der Waals surface area contributed by atoms with Crippen LogP contribution in [-0.2, 0) is 21.4 Å². The highest BCUT2D eigenvalue weighted by Crippen LogP contribution is 2.26. The molecule has 0 spiro atoms. The number of sulfonamides is 1. The summed E-state index contributed by atoms with van der Waals surface area (Å²) in [5.41, 5.74) is 0.476. The second-order valence-electron chi connectivity index (χ2n) is 5.54. The normalized spacial score (nSPS) is 15.5. The molecular weight excluding hydrogens is 384 g/mol. The van der Waals surface area contributed by atoms with Crippen LogP contribution in [0, 0.1) is 0 Å². The fourth-order valence-electron chi connectivity index (χ4n) is 2.40. The van der Waals surface area contributed by atoms with Gasteiger partial charge in [-0.05, 0) is 36.4 Å². The molecule has 1 aromatic carbocycles. The van der Waals surface area contributed by atoms with Gasteiger partial charge in [0.1, 0.15) is 9.99 Å². The van der Waals surface area contributed by atoms with Crippen molar-refractivity contribution in [1.29, 1.82) is 0 Å². The minimum absolute atomic E-state index is 0.0666. The van der Waals surface area contributed by atoms with Gasteiger partial charge >= 0.3 is 0 Å². The van der Waals surface area contributed by atoms with E-state index in [1.165, 1.54) is 10.4 Å². The maximum Gasteiger partial charge on any atom is 0.252 e. The Balaban J connectivity index is 1.64. The Morgan fingerprint density at radius 3 is 2.56 bits per heavy atom. The molecule has 0 bridgehead atoms. The molecule has 1 fully saturated rings. The summed E-state index contributed by atoms with van der Waals surface area (Å²) in [5.74, 6) is -0.338. The molecule has 0 atom stereocenters. The number of amides is 1.